The molecule has 0 aromatic carbocycles. The number of ether oxygens (including phenoxy) is 1. The molecule has 6 atom stereocenters. The largest absolute Gasteiger partial charge is 0.480 e. The number of aliphatic hydroxyl groups excluding tert-OH is 2. The quantitative estimate of drug-likeness (QED) is 0.401. The summed E-state index contributed by atoms with van der Waals surface area (Å²) in [5.74, 6) is 0.132. The van der Waals surface area contributed by atoms with Crippen LogP contribution in [0.1, 0.15) is 46.0 Å². The van der Waals surface area contributed by atoms with Gasteiger partial charge in [0.2, 0.25) is 0 Å². The van der Waals surface area contributed by atoms with Gasteiger partial charge in [0, 0.05) is 5.92 Å². The highest BCUT2D eigenvalue weighted by molar-refractivity contribution is 5.68. The van der Waals surface area contributed by atoms with E-state index in [1.165, 1.54) is 5.57 Å². The van der Waals surface area contributed by atoms with Crippen molar-refractivity contribution in [2.24, 2.45) is 23.7 Å². The Bertz CT molecular complexity index is 565. The minimum absolute atomic E-state index is 0.0777. The molecule has 152 valence electrons. The Morgan fingerprint density at radius 1 is 1.33 bits per heavy atom. The Morgan fingerprint density at radius 3 is 2.81 bits per heavy atom. The molecule has 0 amide bonds. The number of carboxylic acid groups (broad SMARTS) is 1. The molecule has 0 spiro atoms. The first-order valence-electron chi connectivity index (χ1n) is 10.1. The predicted octanol–water partition coefficient (Wildman–Crippen LogP) is 3.33. The highest BCUT2D eigenvalue weighted by atomic mass is 16.5. The van der Waals surface area contributed by atoms with Crippen LogP contribution in [0.25, 0.3) is 0 Å². The second-order valence-corrected chi connectivity index (χ2v) is 7.95. The predicted molar refractivity (Wildman–Crippen MR) is 105 cm³/mol. The van der Waals surface area contributed by atoms with Gasteiger partial charge < -0.3 is 20.1 Å². The van der Waals surface area contributed by atoms with Crippen LogP contribution >= 0.6 is 0 Å². The zero-order chi connectivity index (χ0) is 19.8. The zero-order valence-electron chi connectivity index (χ0n) is 16.5. The molecule has 0 aliphatic heterocycles. The van der Waals surface area contributed by atoms with E-state index in [0.717, 1.165) is 32.1 Å². The first-order valence-corrected chi connectivity index (χ1v) is 10.1. The van der Waals surface area contributed by atoms with E-state index in [9.17, 15) is 15.0 Å². The average Bonchev–Trinajstić information content (AvgIpc) is 3.13. The Balaban J connectivity index is 1.87. The van der Waals surface area contributed by atoms with Crippen molar-refractivity contribution in [2.45, 2.75) is 58.2 Å². The van der Waals surface area contributed by atoms with Crippen LogP contribution in [0.15, 0.2) is 36.0 Å². The second-order valence-electron chi connectivity index (χ2n) is 7.95. The normalized spacial score (nSPS) is 31.8. The van der Waals surface area contributed by atoms with E-state index >= 15 is 0 Å². The lowest BCUT2D eigenvalue weighted by molar-refractivity contribution is -0.141. The van der Waals surface area contributed by atoms with Crippen LogP contribution in [0.2, 0.25) is 0 Å². The molecule has 2 aliphatic carbocycles. The highest BCUT2D eigenvalue weighted by Crippen LogP contribution is 2.50. The van der Waals surface area contributed by atoms with Gasteiger partial charge in [0.1, 0.15) is 6.61 Å². The van der Waals surface area contributed by atoms with Crippen LogP contribution in [0.3, 0.4) is 0 Å². The van der Waals surface area contributed by atoms with Crippen LogP contribution in [-0.2, 0) is 9.53 Å². The molecule has 27 heavy (non-hydrogen) atoms. The van der Waals surface area contributed by atoms with Crippen molar-refractivity contribution in [1.82, 2.24) is 0 Å². The van der Waals surface area contributed by atoms with Gasteiger partial charge in [-0.3, -0.25) is 0 Å². The van der Waals surface area contributed by atoms with Gasteiger partial charge in [-0.25, -0.2) is 4.79 Å². The van der Waals surface area contributed by atoms with Crippen molar-refractivity contribution < 1.29 is 24.9 Å². The SMILES string of the molecule is CCC=CC[C@H](C)[C@H](O)C=C[C@H]1[C@H]2C/C(=C/COCC(=O)O)C[C@H]2C[C@H]1O. The van der Waals surface area contributed by atoms with Gasteiger partial charge in [-0.1, -0.05) is 49.8 Å². The van der Waals surface area contributed by atoms with Gasteiger partial charge in [-0.05, 0) is 49.9 Å². The molecule has 3 N–H and O–H groups in total. The number of carbonyl (C=O) groups is 1. The van der Waals surface area contributed by atoms with Crippen molar-refractivity contribution in [3.05, 3.63) is 36.0 Å². The van der Waals surface area contributed by atoms with Crippen molar-refractivity contribution in [3.63, 3.8) is 0 Å². The number of rotatable bonds is 10. The van der Waals surface area contributed by atoms with Gasteiger partial charge in [-0.15, -0.1) is 0 Å². The molecule has 2 saturated carbocycles. The lowest BCUT2D eigenvalue weighted by atomic mass is 9.89. The zero-order valence-corrected chi connectivity index (χ0v) is 16.5. The van der Waals surface area contributed by atoms with Crippen molar-refractivity contribution >= 4 is 5.97 Å². The van der Waals surface area contributed by atoms with E-state index in [1.807, 2.05) is 25.2 Å². The van der Waals surface area contributed by atoms with Crippen molar-refractivity contribution in [3.8, 4) is 0 Å². The summed E-state index contributed by atoms with van der Waals surface area (Å²) in [7, 11) is 0. The smallest absolute Gasteiger partial charge is 0.329 e. The third-order valence-corrected chi connectivity index (χ3v) is 5.85. The number of hydrogen-bond acceptors (Lipinski definition) is 4. The molecule has 0 heterocycles. The molecule has 0 unspecified atom stereocenters. The number of fused-ring (bicyclic) bond motifs is 1. The lowest BCUT2D eigenvalue weighted by Gasteiger charge is -2.19. The van der Waals surface area contributed by atoms with E-state index in [-0.39, 0.29) is 24.5 Å². The highest BCUT2D eigenvalue weighted by Gasteiger charge is 2.45. The van der Waals surface area contributed by atoms with Crippen LogP contribution in [0.5, 0.6) is 0 Å². The minimum atomic E-state index is -0.956. The van der Waals surface area contributed by atoms with Gasteiger partial charge >= 0.3 is 5.97 Å². The second kappa shape index (κ2) is 10.8. The maximum atomic E-state index is 10.5. The summed E-state index contributed by atoms with van der Waals surface area (Å²) in [5, 5.41) is 29.4. The van der Waals surface area contributed by atoms with Crippen LogP contribution < -0.4 is 0 Å². The molecule has 2 fully saturated rings. The molecular weight excluding hydrogens is 344 g/mol. The van der Waals surface area contributed by atoms with Gasteiger partial charge in [0.15, 0.2) is 0 Å². The summed E-state index contributed by atoms with van der Waals surface area (Å²) in [6.45, 7) is 4.18. The van der Waals surface area contributed by atoms with E-state index in [0.29, 0.717) is 18.4 Å². The third-order valence-electron chi connectivity index (χ3n) is 5.85. The topological polar surface area (TPSA) is 87.0 Å². The first-order chi connectivity index (χ1) is 12.9. The summed E-state index contributed by atoms with van der Waals surface area (Å²) in [6, 6.07) is 0. The van der Waals surface area contributed by atoms with Gasteiger partial charge in [0.25, 0.3) is 0 Å². The lowest BCUT2D eigenvalue weighted by Crippen LogP contribution is -2.19. The maximum absolute atomic E-state index is 10.5. The molecule has 2 aliphatic rings. The standard InChI is InChI=1S/C22H34O5/c1-3-4-5-6-15(2)20(23)8-7-18-19-12-16(9-10-27-14-22(25)26)11-17(19)13-21(18)24/h4-5,7-9,15,17-21,23-24H,3,6,10-14H2,1-2H3,(H,25,26)/b5-4?,8-7?,16-9+/t15-,17-,18-,19-,20+,21+/m0/s1. The van der Waals surface area contributed by atoms with Crippen LogP contribution in [-0.4, -0.2) is 46.7 Å². The molecule has 0 radical (unpaired) electrons. The average molecular weight is 379 g/mol. The minimum Gasteiger partial charge on any atom is -0.480 e. The summed E-state index contributed by atoms with van der Waals surface area (Å²) < 4.78 is 5.09. The fourth-order valence-corrected chi connectivity index (χ4v) is 4.31. The van der Waals surface area contributed by atoms with Gasteiger partial charge in [-0.2, -0.15) is 0 Å². The van der Waals surface area contributed by atoms with Crippen LogP contribution in [0, 0.1) is 23.7 Å². The Kier molecular flexibility index (Phi) is 8.74. The monoisotopic (exact) mass is 378 g/mol. The Labute approximate surface area is 162 Å². The summed E-state index contributed by atoms with van der Waals surface area (Å²) in [5.41, 5.74) is 1.29. The number of aliphatic carboxylic acids is 1. The number of hydrogen-bond donors (Lipinski definition) is 3. The number of aliphatic hydroxyl groups is 2. The molecule has 0 bridgehead atoms. The van der Waals surface area contributed by atoms with Crippen molar-refractivity contribution in [2.75, 3.05) is 13.2 Å². The van der Waals surface area contributed by atoms with Gasteiger partial charge in [0.05, 0.1) is 18.8 Å². The molecule has 0 aromatic rings. The fraction of sp³-hybridized carbons (Fsp3) is 0.682. The molecular formula is C22H34O5. The fourth-order valence-electron chi connectivity index (χ4n) is 4.31. The summed E-state index contributed by atoms with van der Waals surface area (Å²) in [4.78, 5) is 10.5. The summed E-state index contributed by atoms with van der Waals surface area (Å²) in [6.07, 6.45) is 13.8. The number of carboxylic acids is 1. The van der Waals surface area contributed by atoms with E-state index < -0.39 is 12.1 Å². The molecule has 2 rings (SSSR count). The third kappa shape index (κ3) is 6.59. The maximum Gasteiger partial charge on any atom is 0.329 e. The Hall–Kier alpha value is -1.43. The van der Waals surface area contributed by atoms with Crippen molar-refractivity contribution in [1.29, 1.82) is 0 Å². The molecule has 5 nitrogen and oxygen atoms in total. The van der Waals surface area contributed by atoms with E-state index in [4.69, 9.17) is 9.84 Å². The first kappa shape index (κ1) is 21.9. The molecule has 0 saturated heterocycles. The molecule has 0 aromatic heterocycles. The van der Waals surface area contributed by atoms with E-state index in [1.54, 1.807) is 0 Å². The van der Waals surface area contributed by atoms with Crippen LogP contribution in [0.4, 0.5) is 0 Å². The number of allylic oxidation sites excluding steroid dienone is 3. The summed E-state index contributed by atoms with van der Waals surface area (Å²) >= 11 is 0. The van der Waals surface area contributed by atoms with E-state index in [2.05, 4.69) is 19.1 Å². The molecule has 5 heteroatoms. The Morgan fingerprint density at radius 2 is 2.11 bits per heavy atom.